The zero-order chi connectivity index (χ0) is 21.8. The first-order chi connectivity index (χ1) is 13.7. The fraction of sp³-hybridized carbons (Fsp3) is 0.864. The second-order valence-electron chi connectivity index (χ2n) is 8.45. The van der Waals surface area contributed by atoms with Crippen molar-refractivity contribution in [2.24, 2.45) is 11.8 Å². The number of ether oxygens (including phenoxy) is 2. The number of hydrogen-bond donors (Lipinski definition) is 1. The highest BCUT2D eigenvalue weighted by molar-refractivity contribution is 5.83. The van der Waals surface area contributed by atoms with Crippen LogP contribution in [-0.2, 0) is 23.9 Å². The predicted octanol–water partition coefficient (Wildman–Crippen LogP) is 2.57. The molecule has 0 saturated heterocycles. The Morgan fingerprint density at radius 3 is 2.03 bits per heavy atom. The Morgan fingerprint density at radius 2 is 1.52 bits per heavy atom. The van der Waals surface area contributed by atoms with Gasteiger partial charge in [0.2, 0.25) is 11.8 Å². The Morgan fingerprint density at radius 1 is 0.931 bits per heavy atom. The molecular formula is C22H40N2O5. The van der Waals surface area contributed by atoms with Gasteiger partial charge in [-0.05, 0) is 39.5 Å². The van der Waals surface area contributed by atoms with E-state index in [2.05, 4.69) is 5.32 Å². The van der Waals surface area contributed by atoms with Gasteiger partial charge >= 0.3 is 0 Å². The molecule has 1 saturated carbocycles. The minimum Gasteiger partial charge on any atom is -0.379 e. The van der Waals surface area contributed by atoms with Crippen molar-refractivity contribution in [3.63, 3.8) is 0 Å². The van der Waals surface area contributed by atoms with Crippen LogP contribution in [0.1, 0.15) is 66.7 Å². The predicted molar refractivity (Wildman–Crippen MR) is 113 cm³/mol. The van der Waals surface area contributed by atoms with E-state index in [0.29, 0.717) is 45.2 Å². The van der Waals surface area contributed by atoms with Crippen LogP contribution in [0.15, 0.2) is 0 Å². The summed E-state index contributed by atoms with van der Waals surface area (Å²) in [7, 11) is 0. The van der Waals surface area contributed by atoms with Gasteiger partial charge in [0.1, 0.15) is 5.78 Å². The minimum absolute atomic E-state index is 0.00131. The minimum atomic E-state index is -0.00131. The third kappa shape index (κ3) is 10.2. The van der Waals surface area contributed by atoms with Crippen molar-refractivity contribution in [3.05, 3.63) is 0 Å². The molecule has 1 rings (SSSR count). The number of hydrogen-bond acceptors (Lipinski definition) is 5. The van der Waals surface area contributed by atoms with Crippen LogP contribution in [0.4, 0.5) is 0 Å². The molecular weight excluding hydrogens is 372 g/mol. The lowest BCUT2D eigenvalue weighted by Gasteiger charge is -2.29. The summed E-state index contributed by atoms with van der Waals surface area (Å²) in [4.78, 5) is 37.3. The van der Waals surface area contributed by atoms with Gasteiger partial charge in [-0.25, -0.2) is 0 Å². The van der Waals surface area contributed by atoms with E-state index in [4.69, 9.17) is 9.47 Å². The molecule has 1 aliphatic rings. The fourth-order valence-electron chi connectivity index (χ4n) is 3.72. The molecule has 0 atom stereocenters. The molecule has 0 spiro atoms. The summed E-state index contributed by atoms with van der Waals surface area (Å²) in [5, 5.41) is 3.05. The second-order valence-corrected chi connectivity index (χ2v) is 8.45. The van der Waals surface area contributed by atoms with E-state index < -0.39 is 0 Å². The summed E-state index contributed by atoms with van der Waals surface area (Å²) < 4.78 is 11.0. The summed E-state index contributed by atoms with van der Waals surface area (Å²) in [5.74, 6) is 0.651. The lowest BCUT2D eigenvalue weighted by molar-refractivity contribution is -0.131. The van der Waals surface area contributed by atoms with Crippen LogP contribution in [0.25, 0.3) is 0 Å². The topological polar surface area (TPSA) is 84.9 Å². The largest absolute Gasteiger partial charge is 0.379 e. The molecule has 0 aromatic carbocycles. The average molecular weight is 413 g/mol. The SMILES string of the molecule is CC(=O)N(CCOCCOCCC(=O)NC1CCC(C(=O)C(C)C)CC1)C(C)C. The highest BCUT2D eigenvalue weighted by Gasteiger charge is 2.28. The first-order valence-electron chi connectivity index (χ1n) is 11.0. The maximum atomic E-state index is 12.1. The van der Waals surface area contributed by atoms with Crippen molar-refractivity contribution in [2.75, 3.05) is 33.0 Å². The average Bonchev–Trinajstić information content (AvgIpc) is 2.66. The molecule has 7 heteroatoms. The first kappa shape index (κ1) is 25.6. The summed E-state index contributed by atoms with van der Waals surface area (Å²) >= 11 is 0. The lowest BCUT2D eigenvalue weighted by atomic mass is 9.80. The van der Waals surface area contributed by atoms with Gasteiger partial charge in [-0.15, -0.1) is 0 Å². The van der Waals surface area contributed by atoms with E-state index in [9.17, 15) is 14.4 Å². The number of Topliss-reactive ketones (excluding diaryl/α,β-unsaturated/α-hetero) is 1. The van der Waals surface area contributed by atoms with Gasteiger partial charge in [-0.3, -0.25) is 14.4 Å². The standard InChI is InChI=1S/C22H40N2O5/c1-16(2)22(27)19-6-8-20(9-7-19)23-21(26)10-12-28-14-15-29-13-11-24(17(3)4)18(5)25/h16-17,19-20H,6-15H2,1-5H3,(H,23,26). The van der Waals surface area contributed by atoms with Crippen LogP contribution in [0, 0.1) is 11.8 Å². The van der Waals surface area contributed by atoms with E-state index in [1.807, 2.05) is 27.7 Å². The van der Waals surface area contributed by atoms with Gasteiger partial charge in [0, 0.05) is 43.8 Å². The number of carbonyl (C=O) groups is 3. The molecule has 2 amide bonds. The first-order valence-corrected chi connectivity index (χ1v) is 11.0. The quantitative estimate of drug-likeness (QED) is 0.470. The van der Waals surface area contributed by atoms with E-state index in [0.717, 1.165) is 25.7 Å². The van der Waals surface area contributed by atoms with Crippen molar-refractivity contribution < 1.29 is 23.9 Å². The number of ketones is 1. The maximum absolute atomic E-state index is 12.1. The molecule has 0 aromatic heterocycles. The summed E-state index contributed by atoms with van der Waals surface area (Å²) in [6.07, 6.45) is 3.81. The summed E-state index contributed by atoms with van der Waals surface area (Å²) in [6.45, 7) is 11.7. The zero-order valence-electron chi connectivity index (χ0n) is 18.9. The molecule has 168 valence electrons. The smallest absolute Gasteiger partial charge is 0.222 e. The van der Waals surface area contributed by atoms with Gasteiger partial charge in [0.25, 0.3) is 0 Å². The lowest BCUT2D eigenvalue weighted by Crippen LogP contribution is -2.39. The van der Waals surface area contributed by atoms with Crippen LogP contribution in [0.5, 0.6) is 0 Å². The number of nitrogens with one attached hydrogen (secondary N) is 1. The molecule has 29 heavy (non-hydrogen) atoms. The molecule has 0 bridgehead atoms. The van der Waals surface area contributed by atoms with Gasteiger partial charge in [-0.2, -0.15) is 0 Å². The maximum Gasteiger partial charge on any atom is 0.222 e. The highest BCUT2D eigenvalue weighted by Crippen LogP contribution is 2.27. The van der Waals surface area contributed by atoms with Crippen molar-refractivity contribution in [1.82, 2.24) is 10.2 Å². The van der Waals surface area contributed by atoms with E-state index >= 15 is 0 Å². The second kappa shape index (κ2) is 13.7. The Kier molecular flexibility index (Phi) is 12.1. The molecule has 1 N–H and O–H groups in total. The molecule has 1 aliphatic carbocycles. The van der Waals surface area contributed by atoms with Crippen molar-refractivity contribution in [2.45, 2.75) is 78.8 Å². The van der Waals surface area contributed by atoms with Crippen molar-refractivity contribution in [3.8, 4) is 0 Å². The van der Waals surface area contributed by atoms with E-state index in [-0.39, 0.29) is 35.7 Å². The molecule has 0 radical (unpaired) electrons. The molecule has 0 unspecified atom stereocenters. The Labute approximate surface area is 175 Å². The Hall–Kier alpha value is -1.47. The number of carbonyl (C=O) groups excluding carboxylic acids is 3. The molecule has 1 fully saturated rings. The van der Waals surface area contributed by atoms with Crippen LogP contribution < -0.4 is 5.32 Å². The van der Waals surface area contributed by atoms with Crippen LogP contribution in [0.3, 0.4) is 0 Å². The normalized spacial score (nSPS) is 19.4. The van der Waals surface area contributed by atoms with E-state index in [1.165, 1.54) is 0 Å². The third-order valence-corrected chi connectivity index (χ3v) is 5.41. The van der Waals surface area contributed by atoms with E-state index in [1.54, 1.807) is 11.8 Å². The molecule has 0 aromatic rings. The zero-order valence-corrected chi connectivity index (χ0v) is 18.9. The molecule has 0 aliphatic heterocycles. The van der Waals surface area contributed by atoms with Crippen LogP contribution in [0.2, 0.25) is 0 Å². The Bertz CT molecular complexity index is 513. The monoisotopic (exact) mass is 412 g/mol. The van der Waals surface area contributed by atoms with Crippen molar-refractivity contribution >= 4 is 17.6 Å². The van der Waals surface area contributed by atoms with Crippen molar-refractivity contribution in [1.29, 1.82) is 0 Å². The Balaban J connectivity index is 2.04. The third-order valence-electron chi connectivity index (χ3n) is 5.41. The van der Waals surface area contributed by atoms with Gasteiger partial charge in [0.05, 0.1) is 26.4 Å². The molecule has 0 heterocycles. The number of rotatable bonds is 13. The molecule has 7 nitrogen and oxygen atoms in total. The van der Waals surface area contributed by atoms with Gasteiger partial charge in [-0.1, -0.05) is 13.8 Å². The summed E-state index contributed by atoms with van der Waals surface area (Å²) in [6, 6.07) is 0.337. The summed E-state index contributed by atoms with van der Waals surface area (Å²) in [5.41, 5.74) is 0. The van der Waals surface area contributed by atoms with Gasteiger partial charge in [0.15, 0.2) is 0 Å². The fourth-order valence-corrected chi connectivity index (χ4v) is 3.72. The van der Waals surface area contributed by atoms with Crippen LogP contribution >= 0.6 is 0 Å². The number of amides is 2. The number of nitrogens with zero attached hydrogens (tertiary/aromatic N) is 1. The highest BCUT2D eigenvalue weighted by atomic mass is 16.5. The van der Waals surface area contributed by atoms with Crippen LogP contribution in [-0.4, -0.2) is 67.6 Å². The van der Waals surface area contributed by atoms with Gasteiger partial charge < -0.3 is 19.7 Å².